The van der Waals surface area contributed by atoms with Gasteiger partial charge in [-0.2, -0.15) is 0 Å². The van der Waals surface area contributed by atoms with E-state index in [2.05, 4.69) is 46.0 Å². The van der Waals surface area contributed by atoms with E-state index in [0.717, 1.165) is 36.7 Å². The van der Waals surface area contributed by atoms with E-state index in [9.17, 15) is 4.79 Å². The summed E-state index contributed by atoms with van der Waals surface area (Å²) in [6.07, 6.45) is 2.42. The molecular weight excluding hydrogens is 360 g/mol. The fourth-order valence-electron chi connectivity index (χ4n) is 3.63. The molecule has 2 aromatic rings. The Hall–Kier alpha value is -2.82. The summed E-state index contributed by atoms with van der Waals surface area (Å²) in [6, 6.07) is 18.5. The molecule has 5 nitrogen and oxygen atoms in total. The zero-order chi connectivity index (χ0) is 20.7. The van der Waals surface area contributed by atoms with Gasteiger partial charge in [-0.3, -0.25) is 9.79 Å². The lowest BCUT2D eigenvalue weighted by atomic mass is 9.96. The van der Waals surface area contributed by atoms with Crippen LogP contribution in [0.1, 0.15) is 48.2 Å². The fraction of sp³-hybridized carbons (Fsp3) is 0.417. The quantitative estimate of drug-likeness (QED) is 0.533. The van der Waals surface area contributed by atoms with Crippen molar-refractivity contribution in [2.75, 3.05) is 26.7 Å². The average Bonchev–Trinajstić information content (AvgIpc) is 3.57. The molecule has 0 bridgehead atoms. The lowest BCUT2D eigenvalue weighted by Crippen LogP contribution is -2.40. The van der Waals surface area contributed by atoms with Crippen LogP contribution in [-0.4, -0.2) is 43.4 Å². The molecule has 2 N–H and O–H groups in total. The number of nitrogens with zero attached hydrogens (tertiary/aromatic N) is 2. The smallest absolute Gasteiger partial charge is 0.253 e. The molecule has 154 valence electrons. The Morgan fingerprint density at radius 1 is 1.00 bits per heavy atom. The van der Waals surface area contributed by atoms with Crippen LogP contribution in [0.25, 0.3) is 0 Å². The predicted molar refractivity (Wildman–Crippen MR) is 119 cm³/mol. The van der Waals surface area contributed by atoms with Gasteiger partial charge in [0.15, 0.2) is 5.96 Å². The molecule has 1 fully saturated rings. The lowest BCUT2D eigenvalue weighted by Gasteiger charge is -2.19. The Morgan fingerprint density at radius 2 is 1.66 bits per heavy atom. The second-order valence-corrected chi connectivity index (χ2v) is 7.60. The molecule has 0 unspecified atom stereocenters. The molecular formula is C24H32N4O. The molecule has 0 spiro atoms. The third-order valence-electron chi connectivity index (χ3n) is 5.77. The van der Waals surface area contributed by atoms with Crippen LogP contribution in [0.5, 0.6) is 0 Å². The Kier molecular flexibility index (Phi) is 6.91. The molecule has 3 rings (SSSR count). The monoisotopic (exact) mass is 392 g/mol. The average molecular weight is 393 g/mol. The largest absolute Gasteiger partial charge is 0.356 e. The summed E-state index contributed by atoms with van der Waals surface area (Å²) in [7, 11) is 1.79. The summed E-state index contributed by atoms with van der Waals surface area (Å²) in [5.74, 6) is 0.887. The number of carbonyl (C=O) groups excluding carboxylic acids is 1. The van der Waals surface area contributed by atoms with Gasteiger partial charge in [-0.15, -0.1) is 0 Å². The van der Waals surface area contributed by atoms with Crippen LogP contribution in [-0.2, 0) is 12.0 Å². The van der Waals surface area contributed by atoms with Crippen molar-refractivity contribution in [3.05, 3.63) is 71.3 Å². The first-order valence-electron chi connectivity index (χ1n) is 10.5. The lowest BCUT2D eigenvalue weighted by molar-refractivity contribution is 0.0773. The number of hydrogen-bond donors (Lipinski definition) is 2. The highest BCUT2D eigenvalue weighted by atomic mass is 16.2. The van der Waals surface area contributed by atoms with Crippen LogP contribution < -0.4 is 10.6 Å². The first kappa shape index (κ1) is 20.9. The molecule has 1 aliphatic carbocycles. The van der Waals surface area contributed by atoms with Gasteiger partial charge < -0.3 is 15.5 Å². The third-order valence-corrected chi connectivity index (χ3v) is 5.77. The predicted octanol–water partition coefficient (Wildman–Crippen LogP) is 3.57. The van der Waals surface area contributed by atoms with Gasteiger partial charge in [-0.25, -0.2) is 0 Å². The van der Waals surface area contributed by atoms with E-state index in [1.807, 2.05) is 43.0 Å². The molecule has 0 heterocycles. The van der Waals surface area contributed by atoms with Crippen LogP contribution in [0.2, 0.25) is 0 Å². The SMILES string of the molecule is CCN(CC)C(=O)c1ccc(CNC(=NC)NCC2(c3ccccc3)CC2)cc1. The number of benzene rings is 2. The Balaban J connectivity index is 1.52. The topological polar surface area (TPSA) is 56.7 Å². The van der Waals surface area contributed by atoms with Crippen molar-refractivity contribution in [3.63, 3.8) is 0 Å². The Labute approximate surface area is 174 Å². The molecule has 0 saturated heterocycles. The van der Waals surface area contributed by atoms with Crippen molar-refractivity contribution in [1.82, 2.24) is 15.5 Å². The van der Waals surface area contributed by atoms with Crippen LogP contribution >= 0.6 is 0 Å². The normalized spacial score (nSPS) is 14.9. The van der Waals surface area contributed by atoms with E-state index in [0.29, 0.717) is 6.54 Å². The Bertz CT molecular complexity index is 822. The summed E-state index contributed by atoms with van der Waals surface area (Å²) in [4.78, 5) is 18.6. The maximum absolute atomic E-state index is 12.4. The number of hydrogen-bond acceptors (Lipinski definition) is 2. The van der Waals surface area contributed by atoms with Crippen molar-refractivity contribution in [2.45, 2.75) is 38.6 Å². The number of rotatable bonds is 8. The highest BCUT2D eigenvalue weighted by molar-refractivity contribution is 5.94. The molecule has 29 heavy (non-hydrogen) atoms. The molecule has 1 saturated carbocycles. The molecule has 0 aromatic heterocycles. The second kappa shape index (κ2) is 9.59. The van der Waals surface area contributed by atoms with Gasteiger partial charge in [-0.1, -0.05) is 42.5 Å². The van der Waals surface area contributed by atoms with Gasteiger partial charge in [0, 0.05) is 44.2 Å². The Morgan fingerprint density at radius 3 is 2.21 bits per heavy atom. The van der Waals surface area contributed by atoms with Crippen molar-refractivity contribution >= 4 is 11.9 Å². The summed E-state index contributed by atoms with van der Waals surface area (Å²) in [5, 5.41) is 6.85. The maximum Gasteiger partial charge on any atom is 0.253 e. The van der Waals surface area contributed by atoms with Crippen molar-refractivity contribution in [2.24, 2.45) is 4.99 Å². The van der Waals surface area contributed by atoms with E-state index in [1.165, 1.54) is 18.4 Å². The van der Waals surface area contributed by atoms with Crippen LogP contribution in [0, 0.1) is 0 Å². The van der Waals surface area contributed by atoms with Crippen LogP contribution in [0.3, 0.4) is 0 Å². The van der Waals surface area contributed by atoms with Crippen LogP contribution in [0.15, 0.2) is 59.6 Å². The summed E-state index contributed by atoms with van der Waals surface area (Å²) in [5.41, 5.74) is 3.49. The van der Waals surface area contributed by atoms with Gasteiger partial charge in [-0.05, 0) is 49.9 Å². The molecule has 0 atom stereocenters. The van der Waals surface area contributed by atoms with Gasteiger partial charge in [0.05, 0.1) is 0 Å². The van der Waals surface area contributed by atoms with Gasteiger partial charge in [0.1, 0.15) is 0 Å². The molecule has 1 aliphatic rings. The third kappa shape index (κ3) is 5.17. The van der Waals surface area contributed by atoms with Crippen LogP contribution in [0.4, 0.5) is 0 Å². The minimum atomic E-state index is 0.0858. The van der Waals surface area contributed by atoms with Crippen molar-refractivity contribution in [3.8, 4) is 0 Å². The van der Waals surface area contributed by atoms with Gasteiger partial charge in [0.25, 0.3) is 5.91 Å². The number of carbonyl (C=O) groups is 1. The maximum atomic E-state index is 12.4. The molecule has 2 aromatic carbocycles. The van der Waals surface area contributed by atoms with Gasteiger partial charge >= 0.3 is 0 Å². The first-order valence-corrected chi connectivity index (χ1v) is 10.5. The minimum Gasteiger partial charge on any atom is -0.356 e. The number of aliphatic imine (C=N–C) groups is 1. The summed E-state index contributed by atoms with van der Waals surface area (Å²) >= 11 is 0. The summed E-state index contributed by atoms with van der Waals surface area (Å²) in [6.45, 7) is 7.01. The van der Waals surface area contributed by atoms with Crippen molar-refractivity contribution < 1.29 is 4.79 Å². The van der Waals surface area contributed by atoms with Gasteiger partial charge in [0.2, 0.25) is 0 Å². The van der Waals surface area contributed by atoms with E-state index < -0.39 is 0 Å². The highest BCUT2D eigenvalue weighted by Gasteiger charge is 2.43. The van der Waals surface area contributed by atoms with E-state index in [4.69, 9.17) is 0 Å². The number of amides is 1. The van der Waals surface area contributed by atoms with E-state index in [1.54, 1.807) is 7.05 Å². The number of nitrogens with one attached hydrogen (secondary N) is 2. The molecule has 5 heteroatoms. The van der Waals surface area contributed by atoms with E-state index >= 15 is 0 Å². The fourth-order valence-corrected chi connectivity index (χ4v) is 3.63. The first-order chi connectivity index (χ1) is 14.1. The number of guanidine groups is 1. The highest BCUT2D eigenvalue weighted by Crippen LogP contribution is 2.47. The minimum absolute atomic E-state index is 0.0858. The molecule has 1 amide bonds. The molecule has 0 aliphatic heterocycles. The standard InChI is InChI=1S/C24H32N4O/c1-4-28(5-2)22(29)20-13-11-19(12-14-20)17-26-23(25-3)27-18-24(15-16-24)21-9-7-6-8-10-21/h6-14H,4-5,15-18H2,1-3H3,(H2,25,26,27). The zero-order valence-electron chi connectivity index (χ0n) is 17.7. The van der Waals surface area contributed by atoms with Crippen molar-refractivity contribution in [1.29, 1.82) is 0 Å². The zero-order valence-corrected chi connectivity index (χ0v) is 17.7. The molecule has 0 radical (unpaired) electrons. The van der Waals surface area contributed by atoms with E-state index in [-0.39, 0.29) is 11.3 Å². The second-order valence-electron chi connectivity index (χ2n) is 7.60. The summed E-state index contributed by atoms with van der Waals surface area (Å²) < 4.78 is 0.